The number of pyridine rings is 1. The quantitative estimate of drug-likeness (QED) is 0.605. The van der Waals surface area contributed by atoms with Crippen molar-refractivity contribution in [3.05, 3.63) is 30.2 Å². The number of hydrogen-bond acceptors (Lipinski definition) is 6. The van der Waals surface area contributed by atoms with Crippen molar-refractivity contribution >= 4 is 41.5 Å². The predicted octanol–water partition coefficient (Wildman–Crippen LogP) is 2.28. The van der Waals surface area contributed by atoms with Crippen LogP contribution in [0.3, 0.4) is 0 Å². The summed E-state index contributed by atoms with van der Waals surface area (Å²) in [7, 11) is -1.77. The van der Waals surface area contributed by atoms with E-state index in [2.05, 4.69) is 14.9 Å². The van der Waals surface area contributed by atoms with E-state index in [1.807, 2.05) is 0 Å². The predicted molar refractivity (Wildman–Crippen MR) is 111 cm³/mol. The molecule has 2 N–H and O–H groups in total. The summed E-state index contributed by atoms with van der Waals surface area (Å²) in [6.45, 7) is 6.71. The summed E-state index contributed by atoms with van der Waals surface area (Å²) in [6, 6.07) is 4.41. The molecule has 1 aliphatic heterocycles. The zero-order valence-corrected chi connectivity index (χ0v) is 16.8. The van der Waals surface area contributed by atoms with Crippen molar-refractivity contribution in [1.82, 2.24) is 4.98 Å². The molecule has 154 valence electrons. The van der Waals surface area contributed by atoms with E-state index in [9.17, 15) is 19.2 Å². The number of carbonyl (C=O) groups excluding carboxylic acids is 1. The van der Waals surface area contributed by atoms with Crippen LogP contribution in [-0.4, -0.2) is 53.1 Å². The lowest BCUT2D eigenvalue weighted by atomic mass is 9.79. The highest BCUT2D eigenvalue weighted by Crippen LogP contribution is 2.29. The van der Waals surface area contributed by atoms with E-state index in [1.165, 1.54) is 6.20 Å². The first-order valence-corrected chi connectivity index (χ1v) is 9.60. The van der Waals surface area contributed by atoms with E-state index in [0.29, 0.717) is 11.9 Å². The van der Waals surface area contributed by atoms with Crippen molar-refractivity contribution in [2.75, 3.05) is 18.0 Å². The van der Waals surface area contributed by atoms with Gasteiger partial charge in [-0.05, 0) is 51.2 Å². The summed E-state index contributed by atoms with van der Waals surface area (Å²) in [5.41, 5.74) is 0.412. The van der Waals surface area contributed by atoms with Gasteiger partial charge in [-0.15, -0.1) is 0 Å². The fourth-order valence-electron chi connectivity index (χ4n) is 3.45. The molecule has 1 amide bonds. The second-order valence-electron chi connectivity index (χ2n) is 8.21. The molecule has 2 aromatic rings. The molecule has 0 bridgehead atoms. The molecular formula is C20H25BFN3O4. The third kappa shape index (κ3) is 5.30. The Hall–Kier alpha value is -2.52. The van der Waals surface area contributed by atoms with Gasteiger partial charge in [-0.25, -0.2) is 9.18 Å². The van der Waals surface area contributed by atoms with Crippen LogP contribution in [0, 0.1) is 11.7 Å². The lowest BCUT2D eigenvalue weighted by Gasteiger charge is -2.33. The van der Waals surface area contributed by atoms with Gasteiger partial charge in [-0.3, -0.25) is 4.98 Å². The highest BCUT2D eigenvalue weighted by atomic mass is 19.1. The van der Waals surface area contributed by atoms with E-state index >= 15 is 0 Å². The molecule has 2 heterocycles. The van der Waals surface area contributed by atoms with Crippen molar-refractivity contribution in [2.24, 2.45) is 10.9 Å². The fraction of sp³-hybridized carbons (Fsp3) is 0.450. The largest absolute Gasteiger partial charge is 0.488 e. The minimum atomic E-state index is -1.77. The summed E-state index contributed by atoms with van der Waals surface area (Å²) in [4.78, 5) is 21.9. The van der Waals surface area contributed by atoms with E-state index in [4.69, 9.17) is 4.74 Å². The molecule has 9 heteroatoms. The number of amides is 1. The van der Waals surface area contributed by atoms with Gasteiger partial charge in [0.15, 0.2) is 0 Å². The maximum atomic E-state index is 14.4. The molecule has 0 saturated carbocycles. The molecular weight excluding hydrogens is 376 g/mol. The normalized spacial score (nSPS) is 17.7. The molecule has 0 aliphatic carbocycles. The molecule has 1 atom stereocenters. The van der Waals surface area contributed by atoms with Gasteiger partial charge < -0.3 is 19.7 Å². The lowest BCUT2D eigenvalue weighted by Crippen LogP contribution is -2.36. The lowest BCUT2D eigenvalue weighted by molar-refractivity contribution is 0.0604. The second-order valence-corrected chi connectivity index (χ2v) is 8.21. The van der Waals surface area contributed by atoms with Gasteiger partial charge in [0.25, 0.3) is 0 Å². The Labute approximate surface area is 169 Å². The number of rotatable bonds is 3. The monoisotopic (exact) mass is 401 g/mol. The minimum absolute atomic E-state index is 0.0379. The number of benzene rings is 1. The molecule has 29 heavy (non-hydrogen) atoms. The first-order valence-electron chi connectivity index (χ1n) is 9.60. The van der Waals surface area contributed by atoms with Gasteiger partial charge in [0.2, 0.25) is 0 Å². The van der Waals surface area contributed by atoms with Gasteiger partial charge in [0.1, 0.15) is 16.9 Å². The van der Waals surface area contributed by atoms with Crippen molar-refractivity contribution in [1.29, 1.82) is 0 Å². The summed E-state index contributed by atoms with van der Waals surface area (Å²) in [6.07, 6.45) is 4.29. The third-order valence-electron chi connectivity index (χ3n) is 4.68. The van der Waals surface area contributed by atoms with Crippen molar-refractivity contribution in [3.63, 3.8) is 0 Å². The second kappa shape index (κ2) is 8.46. The molecule has 1 fully saturated rings. The number of hydrogen-bond donors (Lipinski definition) is 2. The van der Waals surface area contributed by atoms with Crippen LogP contribution in [0.2, 0.25) is 0 Å². The molecule has 7 nitrogen and oxygen atoms in total. The van der Waals surface area contributed by atoms with Crippen molar-refractivity contribution in [3.8, 4) is 0 Å². The topological polar surface area (TPSA) is 95.2 Å². The number of piperidine rings is 1. The van der Waals surface area contributed by atoms with Crippen LogP contribution in [0.15, 0.2) is 29.4 Å². The van der Waals surface area contributed by atoms with E-state index in [-0.39, 0.29) is 16.9 Å². The number of halogens is 1. The zero-order valence-electron chi connectivity index (χ0n) is 16.8. The Morgan fingerprint density at radius 2 is 2.17 bits per heavy atom. The molecule has 1 aliphatic rings. The summed E-state index contributed by atoms with van der Waals surface area (Å²) >= 11 is 0. The number of nitrogens with zero attached hydrogens (tertiary/aromatic N) is 3. The van der Waals surface area contributed by atoms with Crippen molar-refractivity contribution < 1.29 is 24.0 Å². The van der Waals surface area contributed by atoms with E-state index in [1.54, 1.807) is 39.1 Å². The Morgan fingerprint density at radius 1 is 1.41 bits per heavy atom. The smallest absolute Gasteiger partial charge is 0.442 e. The fourth-order valence-corrected chi connectivity index (χ4v) is 3.45. The summed E-state index contributed by atoms with van der Waals surface area (Å²) < 4.78 is 19.6. The van der Waals surface area contributed by atoms with E-state index in [0.717, 1.165) is 31.1 Å². The summed E-state index contributed by atoms with van der Waals surface area (Å²) in [5, 5.41) is 19.4. The number of carbonyl (C=O) groups is 1. The van der Waals surface area contributed by atoms with Gasteiger partial charge >= 0.3 is 13.2 Å². The molecule has 0 radical (unpaired) electrons. The van der Waals surface area contributed by atoms with Gasteiger partial charge in [-0.1, -0.05) is 6.07 Å². The molecule has 1 aromatic carbocycles. The molecule has 0 spiro atoms. The maximum absolute atomic E-state index is 14.4. The molecule has 1 unspecified atom stereocenters. The minimum Gasteiger partial charge on any atom is -0.442 e. The first-order chi connectivity index (χ1) is 13.6. The van der Waals surface area contributed by atoms with Crippen LogP contribution in [0.1, 0.15) is 33.6 Å². The highest BCUT2D eigenvalue weighted by Gasteiger charge is 2.23. The number of aliphatic imine (C=N–C) groups is 1. The first kappa shape index (κ1) is 21.2. The van der Waals surface area contributed by atoms with Crippen LogP contribution < -0.4 is 10.4 Å². The Bertz CT molecular complexity index is 930. The maximum Gasteiger partial charge on any atom is 0.488 e. The Balaban J connectivity index is 1.83. The number of aromatic nitrogens is 1. The number of ether oxygens (including phenoxy) is 1. The summed E-state index contributed by atoms with van der Waals surface area (Å²) in [5.74, 6) is -0.566. The SMILES string of the molecule is CC(C)(C)OC(=O)N=CC1CCCN(c2ccnc3c(F)cc(B(O)O)cc23)C1. The van der Waals surface area contributed by atoms with Crippen LogP contribution in [0.5, 0.6) is 0 Å². The highest BCUT2D eigenvalue weighted by molar-refractivity contribution is 6.59. The molecule has 3 rings (SSSR count). The van der Waals surface area contributed by atoms with Gasteiger partial charge in [-0.2, -0.15) is 4.99 Å². The zero-order chi connectivity index (χ0) is 21.2. The Kier molecular flexibility index (Phi) is 6.19. The van der Waals surface area contributed by atoms with Crippen LogP contribution >= 0.6 is 0 Å². The van der Waals surface area contributed by atoms with E-state index < -0.39 is 24.6 Å². The van der Waals surface area contributed by atoms with Crippen LogP contribution in [0.4, 0.5) is 14.9 Å². The molecule has 1 saturated heterocycles. The van der Waals surface area contributed by atoms with Crippen LogP contribution in [-0.2, 0) is 4.74 Å². The van der Waals surface area contributed by atoms with Gasteiger partial charge in [0, 0.05) is 42.5 Å². The standard InChI is InChI=1S/C20H25BFN3O4/c1-20(2,3)29-19(26)24-11-13-5-4-8-25(12-13)17-6-7-23-18-15(17)9-14(21(27)28)10-16(18)22/h6-7,9-11,13,27-28H,4-5,8,12H2,1-3H3. The van der Waals surface area contributed by atoms with Gasteiger partial charge in [0.05, 0.1) is 0 Å². The average molecular weight is 401 g/mol. The number of fused-ring (bicyclic) bond motifs is 1. The number of anilines is 1. The van der Waals surface area contributed by atoms with Crippen LogP contribution in [0.25, 0.3) is 10.9 Å². The third-order valence-corrected chi connectivity index (χ3v) is 4.68. The Morgan fingerprint density at radius 3 is 2.86 bits per heavy atom. The molecule has 1 aromatic heterocycles. The van der Waals surface area contributed by atoms with Crippen molar-refractivity contribution in [2.45, 2.75) is 39.2 Å². The average Bonchev–Trinajstić information content (AvgIpc) is 2.65.